The van der Waals surface area contributed by atoms with E-state index in [4.69, 9.17) is 9.47 Å². The number of ether oxygens (including phenoxy) is 2. The molecule has 5 aromatic rings. The van der Waals surface area contributed by atoms with E-state index in [-0.39, 0.29) is 36.7 Å². The van der Waals surface area contributed by atoms with Crippen LogP contribution in [0, 0.1) is 0 Å². The summed E-state index contributed by atoms with van der Waals surface area (Å²) in [5, 5.41) is 12.0. The van der Waals surface area contributed by atoms with Gasteiger partial charge in [-0.05, 0) is 71.8 Å². The summed E-state index contributed by atoms with van der Waals surface area (Å²) in [6, 6.07) is 37.1. The number of carbonyl (C=O) groups excluding carboxylic acids is 2. The second-order valence-corrected chi connectivity index (χ2v) is 12.2. The minimum absolute atomic E-state index is 0.0256. The molecule has 232 valence electrons. The quantitative estimate of drug-likeness (QED) is 0.184. The third-order valence-electron chi connectivity index (χ3n) is 9.22. The highest BCUT2D eigenvalue weighted by Gasteiger charge is 2.38. The lowest BCUT2D eigenvalue weighted by Crippen LogP contribution is -2.38. The predicted molar refractivity (Wildman–Crippen MR) is 177 cm³/mol. The summed E-state index contributed by atoms with van der Waals surface area (Å²) in [6.45, 7) is 2.84. The van der Waals surface area contributed by atoms with Gasteiger partial charge in [-0.15, -0.1) is 0 Å². The van der Waals surface area contributed by atoms with Crippen LogP contribution in [0.3, 0.4) is 0 Å². The maximum atomic E-state index is 13.2. The van der Waals surface area contributed by atoms with Crippen molar-refractivity contribution in [2.75, 3.05) is 18.5 Å². The number of anilines is 1. The Morgan fingerprint density at radius 2 is 1.48 bits per heavy atom. The molecule has 4 atom stereocenters. The fraction of sp³-hybridized carbons (Fsp3) is 0.231. The lowest BCUT2D eigenvalue weighted by molar-refractivity contribution is -0.253. The van der Waals surface area contributed by atoms with Crippen molar-refractivity contribution in [1.82, 2.24) is 4.90 Å². The van der Waals surface area contributed by atoms with Gasteiger partial charge in [-0.1, -0.05) is 84.9 Å². The number of aliphatic hydroxyl groups is 1. The average molecular weight is 613 g/mol. The van der Waals surface area contributed by atoms with Gasteiger partial charge in [0.05, 0.1) is 35.6 Å². The molecule has 0 spiro atoms. The van der Waals surface area contributed by atoms with Crippen LogP contribution in [-0.2, 0) is 16.1 Å². The minimum Gasteiger partial charge on any atom is -0.392 e. The molecule has 7 nitrogen and oxygen atoms in total. The van der Waals surface area contributed by atoms with E-state index < -0.39 is 6.29 Å². The molecule has 4 unspecified atom stereocenters. The number of rotatable bonds is 8. The van der Waals surface area contributed by atoms with Gasteiger partial charge in [-0.25, -0.2) is 4.90 Å². The number of carbonyl (C=O) groups is 2. The van der Waals surface area contributed by atoms with Crippen LogP contribution in [0.1, 0.15) is 74.8 Å². The molecular weight excluding hydrogens is 576 g/mol. The van der Waals surface area contributed by atoms with Gasteiger partial charge in [0.25, 0.3) is 11.8 Å². The normalized spacial score (nSPS) is 20.3. The van der Waals surface area contributed by atoms with Crippen molar-refractivity contribution in [2.45, 2.75) is 44.5 Å². The Morgan fingerprint density at radius 3 is 2.20 bits per heavy atom. The third kappa shape index (κ3) is 5.74. The fourth-order valence-corrected chi connectivity index (χ4v) is 6.47. The van der Waals surface area contributed by atoms with Crippen LogP contribution in [0.5, 0.6) is 0 Å². The van der Waals surface area contributed by atoms with Gasteiger partial charge in [0.2, 0.25) is 0 Å². The van der Waals surface area contributed by atoms with E-state index in [1.165, 1.54) is 21.2 Å². The van der Waals surface area contributed by atoms with Crippen molar-refractivity contribution >= 4 is 28.3 Å². The molecule has 0 aliphatic carbocycles. The Hall–Kier alpha value is -4.66. The molecule has 46 heavy (non-hydrogen) atoms. The van der Waals surface area contributed by atoms with Gasteiger partial charge in [0.15, 0.2) is 6.29 Å². The first-order valence-corrected chi connectivity index (χ1v) is 15.7. The molecule has 2 aliphatic heterocycles. The molecule has 0 bridgehead atoms. The fourth-order valence-electron chi connectivity index (χ4n) is 6.47. The average Bonchev–Trinajstić information content (AvgIpc) is 3.36. The van der Waals surface area contributed by atoms with Crippen molar-refractivity contribution in [3.63, 3.8) is 0 Å². The molecule has 2 heterocycles. The summed E-state index contributed by atoms with van der Waals surface area (Å²) in [6.07, 6.45) is -0.510. The summed E-state index contributed by atoms with van der Waals surface area (Å²) in [5.74, 6) is -0.681. The van der Waals surface area contributed by atoms with Gasteiger partial charge in [0.1, 0.15) is 0 Å². The van der Waals surface area contributed by atoms with Crippen molar-refractivity contribution in [3.8, 4) is 0 Å². The van der Waals surface area contributed by atoms with Gasteiger partial charge in [-0.2, -0.15) is 0 Å². The molecule has 0 aromatic heterocycles. The number of amides is 2. The molecule has 1 N–H and O–H groups in total. The van der Waals surface area contributed by atoms with E-state index in [9.17, 15) is 14.7 Å². The Balaban J connectivity index is 1.15. The second kappa shape index (κ2) is 12.6. The predicted octanol–water partition coefficient (Wildman–Crippen LogP) is 7.37. The van der Waals surface area contributed by atoms with E-state index in [2.05, 4.69) is 61.3 Å². The number of nitrogens with zero attached hydrogens (tertiary/aromatic N) is 2. The molecule has 0 saturated carbocycles. The van der Waals surface area contributed by atoms with Gasteiger partial charge in [0, 0.05) is 24.6 Å². The molecule has 5 aromatic carbocycles. The van der Waals surface area contributed by atoms with E-state index >= 15 is 0 Å². The zero-order valence-electron chi connectivity index (χ0n) is 25.9. The van der Waals surface area contributed by atoms with Crippen LogP contribution in [0.25, 0.3) is 10.8 Å². The summed E-state index contributed by atoms with van der Waals surface area (Å²) in [5.41, 5.74) is 5.06. The van der Waals surface area contributed by atoms with Crippen molar-refractivity contribution < 1.29 is 24.2 Å². The Kier molecular flexibility index (Phi) is 8.23. The van der Waals surface area contributed by atoms with Crippen molar-refractivity contribution in [2.24, 2.45) is 0 Å². The molecule has 0 radical (unpaired) electrons. The number of hydrogen-bond acceptors (Lipinski definition) is 6. The van der Waals surface area contributed by atoms with Gasteiger partial charge >= 0.3 is 0 Å². The maximum absolute atomic E-state index is 13.2. The monoisotopic (exact) mass is 612 g/mol. The molecular formula is C39H36N2O5. The van der Waals surface area contributed by atoms with Crippen LogP contribution >= 0.6 is 0 Å². The minimum atomic E-state index is -0.722. The number of aliphatic hydroxyl groups excluding tert-OH is 1. The van der Waals surface area contributed by atoms with Crippen LogP contribution in [0.2, 0.25) is 0 Å². The Labute approximate surface area is 268 Å². The van der Waals surface area contributed by atoms with E-state index in [1.54, 1.807) is 30.3 Å². The van der Waals surface area contributed by atoms with Crippen LogP contribution in [-0.4, -0.2) is 41.5 Å². The lowest BCUT2D eigenvalue weighted by Gasteiger charge is -2.39. The SMILES string of the molecule is CC(c1ccc2ccccc2c1)N(C)CC1CC(c2ccc(CO)cc2)OC(c2cccc(N3C(=O)c4ccccc4C3=O)c2)O1. The van der Waals surface area contributed by atoms with Gasteiger partial charge < -0.3 is 14.6 Å². The van der Waals surface area contributed by atoms with Crippen LogP contribution < -0.4 is 4.90 Å². The first-order valence-electron chi connectivity index (χ1n) is 15.7. The molecule has 7 heteroatoms. The number of imide groups is 1. The molecule has 7 rings (SSSR count). The zero-order valence-corrected chi connectivity index (χ0v) is 25.9. The highest BCUT2D eigenvalue weighted by atomic mass is 16.7. The summed E-state index contributed by atoms with van der Waals surface area (Å²) >= 11 is 0. The Morgan fingerprint density at radius 1 is 0.783 bits per heavy atom. The summed E-state index contributed by atoms with van der Waals surface area (Å²) < 4.78 is 13.2. The standard InChI is InChI=1S/C39H36N2O5/c1-25(29-19-18-27-8-3-4-9-30(27)20-29)40(2)23-33-22-36(28-16-14-26(24-42)15-17-28)46-39(45-33)31-10-7-11-32(21-31)41-37(43)34-12-5-6-13-35(34)38(41)44/h3-21,25,33,36,39,42H,22-24H2,1-2H3. The second-order valence-electron chi connectivity index (χ2n) is 12.2. The van der Waals surface area contributed by atoms with Crippen LogP contribution in [0.4, 0.5) is 5.69 Å². The smallest absolute Gasteiger partial charge is 0.266 e. The van der Waals surface area contributed by atoms with E-state index in [0.717, 1.165) is 16.7 Å². The number of fused-ring (bicyclic) bond motifs is 2. The highest BCUT2D eigenvalue weighted by Crippen LogP contribution is 2.40. The summed E-state index contributed by atoms with van der Waals surface area (Å²) in [7, 11) is 2.11. The lowest BCUT2D eigenvalue weighted by atomic mass is 9.98. The molecule has 1 saturated heterocycles. The highest BCUT2D eigenvalue weighted by molar-refractivity contribution is 6.34. The van der Waals surface area contributed by atoms with Crippen LogP contribution in [0.15, 0.2) is 115 Å². The van der Waals surface area contributed by atoms with E-state index in [1.807, 2.05) is 42.5 Å². The van der Waals surface area contributed by atoms with Crippen molar-refractivity contribution in [1.29, 1.82) is 0 Å². The van der Waals surface area contributed by atoms with Crippen molar-refractivity contribution in [3.05, 3.63) is 149 Å². The number of likely N-dealkylation sites (N-methyl/N-ethyl adjacent to an activating group) is 1. The van der Waals surface area contributed by atoms with Gasteiger partial charge in [-0.3, -0.25) is 14.5 Å². The third-order valence-corrected chi connectivity index (χ3v) is 9.22. The maximum Gasteiger partial charge on any atom is 0.266 e. The largest absolute Gasteiger partial charge is 0.392 e. The van der Waals surface area contributed by atoms with E-state index in [0.29, 0.717) is 29.8 Å². The zero-order chi connectivity index (χ0) is 31.8. The molecule has 2 amide bonds. The first-order chi connectivity index (χ1) is 22.4. The molecule has 2 aliphatic rings. The topological polar surface area (TPSA) is 79.3 Å². The number of benzene rings is 5. The molecule has 1 fully saturated rings. The first kappa shape index (κ1) is 30.0. The summed E-state index contributed by atoms with van der Waals surface area (Å²) in [4.78, 5) is 30.0. The number of hydrogen-bond donors (Lipinski definition) is 1. The Bertz CT molecular complexity index is 1870.